The molecule has 0 unspecified atom stereocenters. The van der Waals surface area contributed by atoms with E-state index in [0.29, 0.717) is 62.0 Å². The van der Waals surface area contributed by atoms with Gasteiger partial charge in [-0.2, -0.15) is 0 Å². The number of aryl methyl sites for hydroxylation is 3. The zero-order valence-electron chi connectivity index (χ0n) is 22.0. The highest BCUT2D eigenvalue weighted by molar-refractivity contribution is 6.31. The van der Waals surface area contributed by atoms with Gasteiger partial charge in [-0.3, -0.25) is 14.8 Å². The molecule has 3 heterocycles. The number of nitrogens with zero attached hydrogens (tertiary/aromatic N) is 3. The number of methoxy groups -OCH3 is 1. The number of benzene rings is 2. The third kappa shape index (κ3) is 5.11. The Balaban J connectivity index is 1.39. The van der Waals surface area contributed by atoms with Gasteiger partial charge >= 0.3 is 0 Å². The monoisotopic (exact) mass is 558 g/mol. The molecule has 2 aromatic carbocycles. The number of aromatic nitrogens is 3. The molecule has 0 saturated heterocycles. The zero-order chi connectivity index (χ0) is 28.6. The number of hydrogen-bond donors (Lipinski definition) is 2. The zero-order valence-corrected chi connectivity index (χ0v) is 22.8. The molecule has 0 radical (unpaired) electrons. The van der Waals surface area contributed by atoms with Crippen LogP contribution in [0.25, 0.3) is 22.2 Å². The van der Waals surface area contributed by atoms with Gasteiger partial charge in [0, 0.05) is 35.3 Å². The van der Waals surface area contributed by atoms with Gasteiger partial charge in [0.2, 0.25) is 0 Å². The number of anilines is 1. The van der Waals surface area contributed by atoms with Crippen LogP contribution in [0.5, 0.6) is 23.0 Å². The largest absolute Gasteiger partial charge is 0.506 e. The van der Waals surface area contributed by atoms with Crippen LogP contribution in [0.3, 0.4) is 0 Å². The molecule has 8 nitrogen and oxygen atoms in total. The lowest BCUT2D eigenvalue weighted by Gasteiger charge is -2.16. The lowest BCUT2D eigenvalue weighted by atomic mass is 9.95. The molecule has 5 aromatic rings. The Morgan fingerprint density at radius 3 is 2.42 bits per heavy atom. The van der Waals surface area contributed by atoms with Crippen molar-refractivity contribution in [3.05, 3.63) is 94.3 Å². The number of amides is 1. The lowest BCUT2D eigenvalue weighted by Crippen LogP contribution is -2.15. The first-order chi connectivity index (χ1) is 19.2. The van der Waals surface area contributed by atoms with Crippen molar-refractivity contribution in [2.75, 3.05) is 12.4 Å². The Kier molecular flexibility index (Phi) is 7.23. The molecule has 0 bridgehead atoms. The number of ether oxygens (including phenoxy) is 2. The number of hydrogen-bond acceptors (Lipinski definition) is 7. The molecule has 1 amide bonds. The van der Waals surface area contributed by atoms with Crippen LogP contribution in [0.1, 0.15) is 27.3 Å². The minimum atomic E-state index is -0.537. The van der Waals surface area contributed by atoms with Crippen molar-refractivity contribution in [3.63, 3.8) is 0 Å². The topological polar surface area (TPSA) is 106 Å². The molecule has 0 spiro atoms. The van der Waals surface area contributed by atoms with Gasteiger partial charge < -0.3 is 19.9 Å². The van der Waals surface area contributed by atoms with E-state index < -0.39 is 5.91 Å². The van der Waals surface area contributed by atoms with Gasteiger partial charge in [0.15, 0.2) is 16.7 Å². The predicted molar refractivity (Wildman–Crippen MR) is 151 cm³/mol. The van der Waals surface area contributed by atoms with Gasteiger partial charge in [-0.1, -0.05) is 17.7 Å². The Labute approximate surface area is 234 Å². The second kappa shape index (κ2) is 10.8. The number of rotatable bonds is 6. The van der Waals surface area contributed by atoms with Crippen molar-refractivity contribution in [1.29, 1.82) is 0 Å². The van der Waals surface area contributed by atoms with E-state index in [-0.39, 0.29) is 22.3 Å². The Morgan fingerprint density at radius 2 is 1.73 bits per heavy atom. The molecule has 0 saturated carbocycles. The SMILES string of the molecule is COc1cc2nccc(Oc3ccc(NC(=O)c4c(C)nc(C)c(-c5ccc(F)cc5C)c4O)cc3)c2nc1Cl. The molecular weight excluding hydrogens is 535 g/mol. The van der Waals surface area contributed by atoms with Crippen molar-refractivity contribution in [1.82, 2.24) is 15.0 Å². The molecule has 10 heteroatoms. The summed E-state index contributed by atoms with van der Waals surface area (Å²) < 4.78 is 24.9. The fraction of sp³-hybridized carbons (Fsp3) is 0.133. The summed E-state index contributed by atoms with van der Waals surface area (Å²) in [6.45, 7) is 5.11. The van der Waals surface area contributed by atoms with Gasteiger partial charge in [0.1, 0.15) is 28.4 Å². The highest BCUT2D eigenvalue weighted by Gasteiger charge is 2.23. The smallest absolute Gasteiger partial charge is 0.261 e. The number of carbonyl (C=O) groups excluding carboxylic acids is 1. The van der Waals surface area contributed by atoms with Crippen LogP contribution in [-0.2, 0) is 0 Å². The molecule has 5 rings (SSSR count). The minimum absolute atomic E-state index is 0.0336. The molecule has 202 valence electrons. The number of fused-ring (bicyclic) bond motifs is 1. The summed E-state index contributed by atoms with van der Waals surface area (Å²) in [7, 11) is 1.50. The average molecular weight is 559 g/mol. The maximum Gasteiger partial charge on any atom is 0.261 e. The Bertz CT molecular complexity index is 1780. The number of halogens is 2. The third-order valence-electron chi connectivity index (χ3n) is 6.37. The summed E-state index contributed by atoms with van der Waals surface area (Å²) in [4.78, 5) is 26.4. The van der Waals surface area contributed by atoms with Gasteiger partial charge in [-0.15, -0.1) is 0 Å². The first-order valence-electron chi connectivity index (χ1n) is 12.2. The van der Waals surface area contributed by atoms with Gasteiger partial charge in [-0.05, 0) is 68.3 Å². The molecule has 0 atom stereocenters. The maximum atomic E-state index is 13.7. The van der Waals surface area contributed by atoms with E-state index in [1.807, 2.05) is 0 Å². The summed E-state index contributed by atoms with van der Waals surface area (Å²) in [5.74, 6) is 0.199. The van der Waals surface area contributed by atoms with Crippen LogP contribution in [0, 0.1) is 26.6 Å². The highest BCUT2D eigenvalue weighted by atomic mass is 35.5. The van der Waals surface area contributed by atoms with E-state index in [0.717, 1.165) is 0 Å². The second-order valence-corrected chi connectivity index (χ2v) is 9.44. The maximum absolute atomic E-state index is 13.7. The molecule has 0 aliphatic carbocycles. The fourth-order valence-electron chi connectivity index (χ4n) is 4.49. The van der Waals surface area contributed by atoms with E-state index in [2.05, 4.69) is 20.3 Å². The number of nitrogens with one attached hydrogen (secondary N) is 1. The number of carbonyl (C=O) groups is 1. The second-order valence-electron chi connectivity index (χ2n) is 9.08. The summed E-state index contributed by atoms with van der Waals surface area (Å²) in [5.41, 5.74) is 4.02. The van der Waals surface area contributed by atoms with Crippen molar-refractivity contribution in [3.8, 4) is 34.1 Å². The number of pyridine rings is 3. The average Bonchev–Trinajstić information content (AvgIpc) is 2.90. The van der Waals surface area contributed by atoms with Gasteiger partial charge in [0.05, 0.1) is 18.3 Å². The third-order valence-corrected chi connectivity index (χ3v) is 6.64. The molecular formula is C30H24ClFN4O4. The normalized spacial score (nSPS) is 10.9. The van der Waals surface area contributed by atoms with Crippen LogP contribution in [0.2, 0.25) is 5.15 Å². The minimum Gasteiger partial charge on any atom is -0.506 e. The molecule has 3 aromatic heterocycles. The van der Waals surface area contributed by atoms with Crippen molar-refractivity contribution >= 4 is 34.2 Å². The van der Waals surface area contributed by atoms with Gasteiger partial charge in [0.25, 0.3) is 5.91 Å². The van der Waals surface area contributed by atoms with Crippen molar-refractivity contribution in [2.45, 2.75) is 20.8 Å². The summed E-state index contributed by atoms with van der Waals surface area (Å²) in [6.07, 6.45) is 1.59. The predicted octanol–water partition coefficient (Wildman–Crippen LogP) is 7.17. The Morgan fingerprint density at radius 1 is 0.975 bits per heavy atom. The first-order valence-corrected chi connectivity index (χ1v) is 12.6. The van der Waals surface area contributed by atoms with E-state index >= 15 is 0 Å². The standard InChI is InChI=1S/C30H24ClFN4O4/c1-15-13-18(32)5-10-21(15)25-16(2)34-17(3)26(28(25)37)30(38)35-19-6-8-20(9-7-19)40-23-11-12-33-22-14-24(39-4)29(31)36-27(22)23/h5-14H,1-4H3,(H,34,37)(H,35,38). The number of aromatic hydroxyl groups is 1. The van der Waals surface area contributed by atoms with Crippen LogP contribution in [0.15, 0.2) is 60.8 Å². The van der Waals surface area contributed by atoms with E-state index in [4.69, 9.17) is 21.1 Å². The van der Waals surface area contributed by atoms with E-state index in [9.17, 15) is 14.3 Å². The molecule has 0 aliphatic heterocycles. The molecule has 0 fully saturated rings. The van der Waals surface area contributed by atoms with Crippen LogP contribution in [-0.4, -0.2) is 33.1 Å². The quantitative estimate of drug-likeness (QED) is 0.213. The van der Waals surface area contributed by atoms with Crippen LogP contribution < -0.4 is 14.8 Å². The lowest BCUT2D eigenvalue weighted by molar-refractivity contribution is 0.102. The van der Waals surface area contributed by atoms with Crippen LogP contribution in [0.4, 0.5) is 10.1 Å². The van der Waals surface area contributed by atoms with Crippen molar-refractivity contribution < 1.29 is 23.8 Å². The molecule has 0 aliphatic rings. The van der Waals surface area contributed by atoms with Gasteiger partial charge in [-0.25, -0.2) is 9.37 Å². The summed E-state index contributed by atoms with van der Waals surface area (Å²) in [5, 5.41) is 14.1. The molecule has 2 N–H and O–H groups in total. The van der Waals surface area contributed by atoms with E-state index in [1.54, 1.807) is 69.4 Å². The van der Waals surface area contributed by atoms with E-state index in [1.165, 1.54) is 19.2 Å². The molecule has 40 heavy (non-hydrogen) atoms. The van der Waals surface area contributed by atoms with Crippen molar-refractivity contribution in [2.24, 2.45) is 0 Å². The Hall–Kier alpha value is -4.76. The fourth-order valence-corrected chi connectivity index (χ4v) is 4.71. The first kappa shape index (κ1) is 26.8. The highest BCUT2D eigenvalue weighted by Crippen LogP contribution is 2.38. The summed E-state index contributed by atoms with van der Waals surface area (Å²) in [6, 6.07) is 14.3. The summed E-state index contributed by atoms with van der Waals surface area (Å²) >= 11 is 6.19. The van der Waals surface area contributed by atoms with Crippen LogP contribution >= 0.6 is 11.6 Å².